The number of nitrogens with zero attached hydrogens (tertiary/aromatic N) is 3. The van der Waals surface area contributed by atoms with Crippen LogP contribution in [0.3, 0.4) is 0 Å². The highest BCUT2D eigenvalue weighted by atomic mass is 35.5. The molecule has 1 aromatic carbocycles. The van der Waals surface area contributed by atoms with Crippen LogP contribution in [-0.2, 0) is 0 Å². The van der Waals surface area contributed by atoms with Crippen molar-refractivity contribution >= 4 is 36.5 Å². The quantitative estimate of drug-likeness (QED) is 0.819. The van der Waals surface area contributed by atoms with Gasteiger partial charge in [-0.05, 0) is 42.8 Å². The number of hydrogen-bond acceptors (Lipinski definition) is 5. The summed E-state index contributed by atoms with van der Waals surface area (Å²) in [6.07, 6.45) is 1.57. The van der Waals surface area contributed by atoms with Crippen molar-refractivity contribution in [1.29, 1.82) is 0 Å². The first kappa shape index (κ1) is 22.3. The van der Waals surface area contributed by atoms with Gasteiger partial charge >= 0.3 is 0 Å². The van der Waals surface area contributed by atoms with Crippen LogP contribution in [0.15, 0.2) is 42.6 Å². The van der Waals surface area contributed by atoms with Crippen LogP contribution in [0.2, 0.25) is 0 Å². The number of likely N-dealkylation sites (tertiary alicyclic amines) is 2. The van der Waals surface area contributed by atoms with Gasteiger partial charge in [-0.2, -0.15) is 0 Å². The van der Waals surface area contributed by atoms with Gasteiger partial charge in [0.1, 0.15) is 11.6 Å². The minimum atomic E-state index is 0. The number of ether oxygens (including phenoxy) is 1. The molecule has 2 fully saturated rings. The number of anilines is 1. The molecule has 6 nitrogen and oxygen atoms in total. The van der Waals surface area contributed by atoms with Gasteiger partial charge in [-0.15, -0.1) is 24.8 Å². The molecule has 2 saturated heterocycles. The summed E-state index contributed by atoms with van der Waals surface area (Å²) in [6, 6.07) is 12.0. The highest BCUT2D eigenvalue weighted by Gasteiger charge is 2.47. The van der Waals surface area contributed by atoms with E-state index in [1.807, 2.05) is 17.0 Å². The van der Waals surface area contributed by atoms with Gasteiger partial charge < -0.3 is 15.4 Å². The predicted molar refractivity (Wildman–Crippen MR) is 114 cm³/mol. The van der Waals surface area contributed by atoms with Crippen molar-refractivity contribution in [3.8, 4) is 5.75 Å². The molecule has 152 valence electrons. The molecule has 2 aliphatic heterocycles. The maximum Gasteiger partial charge on any atom is 0.255 e. The lowest BCUT2D eigenvalue weighted by atomic mass is 9.89. The fourth-order valence-corrected chi connectivity index (χ4v) is 4.44. The second kappa shape index (κ2) is 8.99. The first-order chi connectivity index (χ1) is 12.6. The molecule has 4 rings (SSSR count). The number of aromatic nitrogens is 1. The first-order valence-electron chi connectivity index (χ1n) is 8.92. The average Bonchev–Trinajstić information content (AvgIpc) is 3.18. The lowest BCUT2D eigenvalue weighted by Crippen LogP contribution is -2.33. The van der Waals surface area contributed by atoms with Crippen LogP contribution in [0, 0.1) is 11.8 Å². The fourth-order valence-electron chi connectivity index (χ4n) is 4.44. The molecule has 0 aliphatic carbocycles. The Kier molecular flexibility index (Phi) is 7.15. The van der Waals surface area contributed by atoms with Crippen molar-refractivity contribution in [2.24, 2.45) is 11.8 Å². The number of carbonyl (C=O) groups is 1. The molecule has 3 heterocycles. The number of nitrogen functional groups attached to an aromatic ring is 1. The lowest BCUT2D eigenvalue weighted by Gasteiger charge is -2.27. The minimum absolute atomic E-state index is 0. The van der Waals surface area contributed by atoms with Crippen LogP contribution in [0.1, 0.15) is 22.0 Å². The standard InChI is InChI=1S/C20H24N4O2.2ClH/c1-23-10-15-11-24(20(25)14-5-8-18(21)22-9-14)12-17(15)19(23)13-3-6-16(26-2)7-4-13;;/h3-9,15,17,19H,10-12H2,1-2H3,(H2,21,22);2*1H/t15-,17+,19+;;/m0../s1. The summed E-state index contributed by atoms with van der Waals surface area (Å²) in [6.45, 7) is 2.57. The van der Waals surface area contributed by atoms with Gasteiger partial charge in [-0.25, -0.2) is 4.98 Å². The van der Waals surface area contributed by atoms with Gasteiger partial charge in [-0.1, -0.05) is 12.1 Å². The molecule has 8 heteroatoms. The Balaban J connectivity index is 0.00000140. The van der Waals surface area contributed by atoms with Crippen LogP contribution in [0.4, 0.5) is 5.82 Å². The van der Waals surface area contributed by atoms with Crippen molar-refractivity contribution in [3.05, 3.63) is 53.7 Å². The smallest absolute Gasteiger partial charge is 0.255 e. The van der Waals surface area contributed by atoms with E-state index in [0.717, 1.165) is 25.4 Å². The predicted octanol–water partition coefficient (Wildman–Crippen LogP) is 2.89. The molecule has 0 unspecified atom stereocenters. The van der Waals surface area contributed by atoms with Crippen LogP contribution < -0.4 is 10.5 Å². The van der Waals surface area contributed by atoms with Crippen molar-refractivity contribution in [1.82, 2.24) is 14.8 Å². The number of pyridine rings is 1. The summed E-state index contributed by atoms with van der Waals surface area (Å²) in [5.74, 6) is 2.28. The Morgan fingerprint density at radius 2 is 1.82 bits per heavy atom. The first-order valence-corrected chi connectivity index (χ1v) is 8.92. The number of carbonyl (C=O) groups excluding carboxylic acids is 1. The van der Waals surface area contributed by atoms with E-state index in [9.17, 15) is 4.79 Å². The third-order valence-corrected chi connectivity index (χ3v) is 5.67. The maximum absolute atomic E-state index is 12.8. The maximum atomic E-state index is 12.8. The van der Waals surface area contributed by atoms with Crippen LogP contribution in [0.25, 0.3) is 0 Å². The Labute approximate surface area is 177 Å². The van der Waals surface area contributed by atoms with Crippen molar-refractivity contribution < 1.29 is 9.53 Å². The molecule has 0 bridgehead atoms. The number of rotatable bonds is 3. The summed E-state index contributed by atoms with van der Waals surface area (Å²) in [7, 11) is 3.85. The Hall–Kier alpha value is -2.02. The van der Waals surface area contributed by atoms with Gasteiger partial charge in [0.15, 0.2) is 0 Å². The van der Waals surface area contributed by atoms with E-state index in [-0.39, 0.29) is 30.7 Å². The second-order valence-electron chi connectivity index (χ2n) is 7.26. The molecule has 2 N–H and O–H groups in total. The zero-order valence-corrected chi connectivity index (χ0v) is 17.6. The van der Waals surface area contributed by atoms with E-state index in [2.05, 4.69) is 29.1 Å². The molecule has 1 aromatic heterocycles. The third kappa shape index (κ3) is 4.04. The van der Waals surface area contributed by atoms with Gasteiger partial charge in [0.25, 0.3) is 5.91 Å². The second-order valence-corrected chi connectivity index (χ2v) is 7.26. The summed E-state index contributed by atoms with van der Waals surface area (Å²) in [5.41, 5.74) is 7.51. The molecule has 2 aliphatic rings. The monoisotopic (exact) mass is 424 g/mol. The number of benzene rings is 1. The third-order valence-electron chi connectivity index (χ3n) is 5.67. The number of fused-ring (bicyclic) bond motifs is 1. The minimum Gasteiger partial charge on any atom is -0.497 e. The zero-order chi connectivity index (χ0) is 18.3. The van der Waals surface area contributed by atoms with Crippen LogP contribution in [-0.4, -0.2) is 54.5 Å². The van der Waals surface area contributed by atoms with Gasteiger partial charge in [-0.3, -0.25) is 9.69 Å². The Morgan fingerprint density at radius 1 is 1.11 bits per heavy atom. The topological polar surface area (TPSA) is 71.7 Å². The number of amides is 1. The molecular formula is C20H26Cl2N4O2. The van der Waals surface area contributed by atoms with E-state index in [1.54, 1.807) is 25.4 Å². The number of nitrogens with two attached hydrogens (primary N) is 1. The average molecular weight is 425 g/mol. The van der Waals surface area contributed by atoms with E-state index < -0.39 is 0 Å². The van der Waals surface area contributed by atoms with E-state index in [1.165, 1.54) is 5.56 Å². The van der Waals surface area contributed by atoms with Crippen molar-refractivity contribution in [2.75, 3.05) is 39.5 Å². The Morgan fingerprint density at radius 3 is 2.43 bits per heavy atom. The zero-order valence-electron chi connectivity index (χ0n) is 15.9. The highest BCUT2D eigenvalue weighted by Crippen LogP contribution is 2.44. The van der Waals surface area contributed by atoms with Gasteiger partial charge in [0.05, 0.1) is 12.7 Å². The van der Waals surface area contributed by atoms with Crippen molar-refractivity contribution in [2.45, 2.75) is 6.04 Å². The van der Waals surface area contributed by atoms with Crippen LogP contribution in [0.5, 0.6) is 5.75 Å². The molecule has 2 aromatic rings. The molecule has 0 spiro atoms. The molecule has 0 saturated carbocycles. The van der Waals surface area contributed by atoms with E-state index >= 15 is 0 Å². The fraction of sp³-hybridized carbons (Fsp3) is 0.400. The highest BCUT2D eigenvalue weighted by molar-refractivity contribution is 5.94. The summed E-state index contributed by atoms with van der Waals surface area (Å²) < 4.78 is 5.27. The molecule has 0 radical (unpaired) electrons. The Bertz CT molecular complexity index is 801. The SMILES string of the molecule is COc1ccc([C@@H]2[C@@H]3CN(C(=O)c4ccc(N)nc4)C[C@@H]3CN2C)cc1.Cl.Cl. The van der Waals surface area contributed by atoms with Crippen LogP contribution >= 0.6 is 24.8 Å². The summed E-state index contributed by atoms with van der Waals surface area (Å²) in [5, 5.41) is 0. The molecule has 28 heavy (non-hydrogen) atoms. The summed E-state index contributed by atoms with van der Waals surface area (Å²) >= 11 is 0. The lowest BCUT2D eigenvalue weighted by molar-refractivity contribution is 0.0767. The largest absolute Gasteiger partial charge is 0.497 e. The van der Waals surface area contributed by atoms with E-state index in [0.29, 0.717) is 29.3 Å². The molecule has 3 atom stereocenters. The number of methoxy groups -OCH3 is 1. The number of hydrogen-bond donors (Lipinski definition) is 1. The normalized spacial score (nSPS) is 23.5. The summed E-state index contributed by atoms with van der Waals surface area (Å²) in [4.78, 5) is 21.2. The molecular weight excluding hydrogens is 399 g/mol. The number of halogens is 2. The van der Waals surface area contributed by atoms with E-state index in [4.69, 9.17) is 10.5 Å². The van der Waals surface area contributed by atoms with Crippen molar-refractivity contribution in [3.63, 3.8) is 0 Å². The molecule has 1 amide bonds. The van der Waals surface area contributed by atoms with Gasteiger partial charge in [0.2, 0.25) is 0 Å². The van der Waals surface area contributed by atoms with Gasteiger partial charge in [0, 0.05) is 37.8 Å².